The SMILES string of the molecule is O=C(NCCCO)c1coc(Br)c1. The Balaban J connectivity index is 2.40. The van der Waals surface area contributed by atoms with Gasteiger partial charge in [0.25, 0.3) is 5.91 Å². The maximum atomic E-state index is 11.3. The summed E-state index contributed by atoms with van der Waals surface area (Å²) in [6.07, 6.45) is 1.93. The molecule has 0 atom stereocenters. The highest BCUT2D eigenvalue weighted by atomic mass is 79.9. The fourth-order valence-electron chi connectivity index (χ4n) is 0.812. The lowest BCUT2D eigenvalue weighted by molar-refractivity contribution is 0.0950. The molecule has 0 aromatic carbocycles. The molecule has 2 N–H and O–H groups in total. The van der Waals surface area contributed by atoms with Crippen LogP contribution in [-0.4, -0.2) is 24.2 Å². The molecular formula is C8H10BrNO3. The Hall–Kier alpha value is -0.810. The van der Waals surface area contributed by atoms with Gasteiger partial charge in [0.05, 0.1) is 5.56 Å². The Morgan fingerprint density at radius 3 is 3.00 bits per heavy atom. The van der Waals surface area contributed by atoms with Gasteiger partial charge in [-0.1, -0.05) is 0 Å². The maximum absolute atomic E-state index is 11.3. The van der Waals surface area contributed by atoms with Gasteiger partial charge in [-0.25, -0.2) is 0 Å². The smallest absolute Gasteiger partial charge is 0.254 e. The fraction of sp³-hybridized carbons (Fsp3) is 0.375. The highest BCUT2D eigenvalue weighted by Gasteiger charge is 2.07. The fourth-order valence-corrected chi connectivity index (χ4v) is 1.15. The van der Waals surface area contributed by atoms with Crippen LogP contribution in [0, 0.1) is 0 Å². The summed E-state index contributed by atoms with van der Waals surface area (Å²) < 4.78 is 5.43. The van der Waals surface area contributed by atoms with Crippen LogP contribution >= 0.6 is 15.9 Å². The summed E-state index contributed by atoms with van der Waals surface area (Å²) in [5, 5.41) is 11.1. The highest BCUT2D eigenvalue weighted by molar-refractivity contribution is 9.10. The van der Waals surface area contributed by atoms with Crippen molar-refractivity contribution < 1.29 is 14.3 Å². The third-order valence-corrected chi connectivity index (χ3v) is 1.87. The summed E-state index contributed by atoms with van der Waals surface area (Å²) in [6, 6.07) is 1.59. The van der Waals surface area contributed by atoms with Crippen LogP contribution in [0.2, 0.25) is 0 Å². The average Bonchev–Trinajstić information content (AvgIpc) is 2.52. The summed E-state index contributed by atoms with van der Waals surface area (Å²) in [5.41, 5.74) is 0.477. The predicted molar refractivity (Wildman–Crippen MR) is 50.4 cm³/mol. The van der Waals surface area contributed by atoms with Crippen LogP contribution < -0.4 is 5.32 Å². The van der Waals surface area contributed by atoms with Crippen molar-refractivity contribution in [3.8, 4) is 0 Å². The third kappa shape index (κ3) is 3.20. The number of aliphatic hydroxyl groups excluding tert-OH is 1. The molecule has 0 fully saturated rings. The molecule has 1 heterocycles. The number of furan rings is 1. The molecule has 1 aromatic rings. The van der Waals surface area contributed by atoms with Gasteiger partial charge in [-0.3, -0.25) is 4.79 Å². The van der Waals surface area contributed by atoms with Gasteiger partial charge in [0.15, 0.2) is 4.67 Å². The first-order valence-corrected chi connectivity index (χ1v) is 4.66. The summed E-state index contributed by atoms with van der Waals surface area (Å²) in [5.74, 6) is -0.192. The van der Waals surface area contributed by atoms with E-state index in [2.05, 4.69) is 21.2 Å². The second-order valence-corrected chi connectivity index (χ2v) is 3.25. The first-order valence-electron chi connectivity index (χ1n) is 3.87. The van der Waals surface area contributed by atoms with Crippen LogP contribution in [0.4, 0.5) is 0 Å². The lowest BCUT2D eigenvalue weighted by atomic mass is 10.3. The van der Waals surface area contributed by atoms with E-state index in [-0.39, 0.29) is 12.5 Å². The largest absolute Gasteiger partial charge is 0.457 e. The van der Waals surface area contributed by atoms with Crippen molar-refractivity contribution in [2.45, 2.75) is 6.42 Å². The van der Waals surface area contributed by atoms with Crippen molar-refractivity contribution in [2.24, 2.45) is 0 Å². The molecule has 0 bridgehead atoms. The van der Waals surface area contributed by atoms with Crippen LogP contribution in [0.1, 0.15) is 16.8 Å². The second kappa shape index (κ2) is 5.04. The number of halogens is 1. The molecule has 4 nitrogen and oxygen atoms in total. The monoisotopic (exact) mass is 247 g/mol. The molecule has 0 aliphatic rings. The number of aliphatic hydroxyl groups is 1. The van der Waals surface area contributed by atoms with Gasteiger partial charge >= 0.3 is 0 Å². The second-order valence-electron chi connectivity index (χ2n) is 2.47. The molecule has 5 heteroatoms. The number of hydrogen-bond donors (Lipinski definition) is 2. The van der Waals surface area contributed by atoms with E-state index in [1.54, 1.807) is 6.07 Å². The summed E-state index contributed by atoms with van der Waals surface area (Å²) in [7, 11) is 0. The normalized spacial score (nSPS) is 10.0. The van der Waals surface area contributed by atoms with E-state index in [0.29, 0.717) is 23.2 Å². The lowest BCUT2D eigenvalue weighted by Gasteiger charge is -1.99. The van der Waals surface area contributed by atoms with Crippen LogP contribution in [0.25, 0.3) is 0 Å². The maximum Gasteiger partial charge on any atom is 0.254 e. The number of nitrogens with one attached hydrogen (secondary N) is 1. The van der Waals surface area contributed by atoms with E-state index in [9.17, 15) is 4.79 Å². The van der Waals surface area contributed by atoms with Gasteiger partial charge in [-0.2, -0.15) is 0 Å². The highest BCUT2D eigenvalue weighted by Crippen LogP contribution is 2.13. The molecule has 0 saturated carbocycles. The van der Waals surface area contributed by atoms with Crippen molar-refractivity contribution in [1.82, 2.24) is 5.32 Å². The molecular weight excluding hydrogens is 238 g/mol. The van der Waals surface area contributed by atoms with E-state index in [0.717, 1.165) is 0 Å². The van der Waals surface area contributed by atoms with Crippen molar-refractivity contribution in [3.63, 3.8) is 0 Å². The van der Waals surface area contributed by atoms with Crippen molar-refractivity contribution in [1.29, 1.82) is 0 Å². The first kappa shape index (κ1) is 10.3. The Labute approximate surface area is 84.1 Å². The first-order chi connectivity index (χ1) is 6.24. The van der Waals surface area contributed by atoms with Gasteiger partial charge in [0, 0.05) is 19.2 Å². The standard InChI is InChI=1S/C8H10BrNO3/c9-7-4-6(5-13-7)8(12)10-2-1-3-11/h4-5,11H,1-3H2,(H,10,12). The van der Waals surface area contributed by atoms with Crippen molar-refractivity contribution >= 4 is 21.8 Å². The molecule has 1 amide bonds. The van der Waals surface area contributed by atoms with Gasteiger partial charge in [0.2, 0.25) is 0 Å². The van der Waals surface area contributed by atoms with Crippen LogP contribution in [0.3, 0.4) is 0 Å². The zero-order valence-corrected chi connectivity index (χ0v) is 8.50. The molecule has 0 aliphatic carbocycles. The van der Waals surface area contributed by atoms with Gasteiger partial charge in [-0.05, 0) is 22.4 Å². The number of carbonyl (C=O) groups excluding carboxylic acids is 1. The predicted octanol–water partition coefficient (Wildman–Crippen LogP) is 1.15. The molecule has 1 aromatic heterocycles. The molecule has 0 unspecified atom stereocenters. The Morgan fingerprint density at radius 2 is 2.46 bits per heavy atom. The molecule has 0 spiro atoms. The molecule has 13 heavy (non-hydrogen) atoms. The minimum absolute atomic E-state index is 0.0787. The Bertz CT molecular complexity index is 285. The number of hydrogen-bond acceptors (Lipinski definition) is 3. The summed E-state index contributed by atoms with van der Waals surface area (Å²) >= 11 is 3.10. The molecule has 0 radical (unpaired) electrons. The molecule has 0 aliphatic heterocycles. The molecule has 0 saturated heterocycles. The zero-order valence-electron chi connectivity index (χ0n) is 6.92. The van der Waals surface area contributed by atoms with Crippen LogP contribution in [0.15, 0.2) is 21.4 Å². The summed E-state index contributed by atoms with van der Waals surface area (Å²) in [4.78, 5) is 11.3. The lowest BCUT2D eigenvalue weighted by Crippen LogP contribution is -2.24. The third-order valence-electron chi connectivity index (χ3n) is 1.45. The van der Waals surface area contributed by atoms with E-state index in [1.807, 2.05) is 0 Å². The quantitative estimate of drug-likeness (QED) is 0.786. The topological polar surface area (TPSA) is 62.5 Å². The van der Waals surface area contributed by atoms with Crippen molar-refractivity contribution in [2.75, 3.05) is 13.2 Å². The Kier molecular flexibility index (Phi) is 3.98. The van der Waals surface area contributed by atoms with Gasteiger partial charge < -0.3 is 14.8 Å². The van der Waals surface area contributed by atoms with E-state index in [4.69, 9.17) is 9.52 Å². The number of rotatable bonds is 4. The molecule has 1 rings (SSSR count). The van der Waals surface area contributed by atoms with Crippen molar-refractivity contribution in [3.05, 3.63) is 22.6 Å². The van der Waals surface area contributed by atoms with E-state index < -0.39 is 0 Å². The van der Waals surface area contributed by atoms with Gasteiger partial charge in [-0.15, -0.1) is 0 Å². The van der Waals surface area contributed by atoms with Gasteiger partial charge in [0.1, 0.15) is 6.26 Å². The van der Waals surface area contributed by atoms with Crippen LogP contribution in [0.5, 0.6) is 0 Å². The molecule has 72 valence electrons. The number of amides is 1. The Morgan fingerprint density at radius 1 is 1.69 bits per heavy atom. The minimum atomic E-state index is -0.192. The van der Waals surface area contributed by atoms with E-state index >= 15 is 0 Å². The minimum Gasteiger partial charge on any atom is -0.457 e. The number of carbonyl (C=O) groups is 1. The van der Waals surface area contributed by atoms with E-state index in [1.165, 1.54) is 6.26 Å². The summed E-state index contributed by atoms with van der Waals surface area (Å²) in [6.45, 7) is 0.549. The zero-order chi connectivity index (χ0) is 9.68. The average molecular weight is 248 g/mol. The van der Waals surface area contributed by atoms with Crippen LogP contribution in [-0.2, 0) is 0 Å².